The standard InChI is InChI=1S/C12H19N3/c1-13-10-7-12(9-14-8-10)15(2)11-5-3-4-6-11/h7-9,11,13H,3-6H2,1-2H3. The van der Waals surface area contributed by atoms with Gasteiger partial charge in [-0.05, 0) is 18.9 Å². The van der Waals surface area contributed by atoms with Crippen molar-refractivity contribution in [2.45, 2.75) is 31.7 Å². The molecule has 1 N–H and O–H groups in total. The van der Waals surface area contributed by atoms with Crippen molar-refractivity contribution in [2.75, 3.05) is 24.3 Å². The number of hydrogen-bond acceptors (Lipinski definition) is 3. The van der Waals surface area contributed by atoms with Gasteiger partial charge in [-0.1, -0.05) is 12.8 Å². The van der Waals surface area contributed by atoms with Crippen molar-refractivity contribution in [3.63, 3.8) is 0 Å². The molecule has 2 rings (SSSR count). The van der Waals surface area contributed by atoms with Crippen LogP contribution in [-0.4, -0.2) is 25.1 Å². The molecule has 0 atom stereocenters. The third-order valence-electron chi connectivity index (χ3n) is 3.29. The summed E-state index contributed by atoms with van der Waals surface area (Å²) in [5, 5.41) is 3.12. The van der Waals surface area contributed by atoms with E-state index in [-0.39, 0.29) is 0 Å². The normalized spacial score (nSPS) is 16.7. The Kier molecular flexibility index (Phi) is 3.09. The molecule has 1 heterocycles. The Morgan fingerprint density at radius 3 is 2.73 bits per heavy atom. The molecule has 0 aromatic carbocycles. The molecule has 1 aliphatic rings. The van der Waals surface area contributed by atoms with Gasteiger partial charge in [0, 0.05) is 20.1 Å². The maximum atomic E-state index is 4.24. The predicted molar refractivity (Wildman–Crippen MR) is 64.4 cm³/mol. The summed E-state index contributed by atoms with van der Waals surface area (Å²) in [7, 11) is 4.10. The average molecular weight is 205 g/mol. The van der Waals surface area contributed by atoms with Crippen LogP contribution in [0.25, 0.3) is 0 Å². The molecule has 0 unspecified atom stereocenters. The first-order valence-electron chi connectivity index (χ1n) is 5.67. The molecule has 1 saturated carbocycles. The van der Waals surface area contributed by atoms with Crippen molar-refractivity contribution in [1.29, 1.82) is 0 Å². The van der Waals surface area contributed by atoms with Crippen LogP contribution in [0.3, 0.4) is 0 Å². The van der Waals surface area contributed by atoms with Crippen molar-refractivity contribution >= 4 is 11.4 Å². The molecule has 1 aromatic rings. The van der Waals surface area contributed by atoms with Gasteiger partial charge in [0.2, 0.25) is 0 Å². The summed E-state index contributed by atoms with van der Waals surface area (Å²) in [5.74, 6) is 0. The van der Waals surface area contributed by atoms with Crippen LogP contribution in [0.1, 0.15) is 25.7 Å². The van der Waals surface area contributed by atoms with Gasteiger partial charge in [0.15, 0.2) is 0 Å². The summed E-state index contributed by atoms with van der Waals surface area (Å²) >= 11 is 0. The molecule has 82 valence electrons. The highest BCUT2D eigenvalue weighted by atomic mass is 15.1. The summed E-state index contributed by atoms with van der Waals surface area (Å²) in [6, 6.07) is 2.87. The fourth-order valence-corrected chi connectivity index (χ4v) is 2.26. The molecule has 3 nitrogen and oxygen atoms in total. The molecule has 1 aliphatic carbocycles. The van der Waals surface area contributed by atoms with E-state index in [0.717, 1.165) is 5.69 Å². The Morgan fingerprint density at radius 2 is 2.07 bits per heavy atom. The van der Waals surface area contributed by atoms with Crippen LogP contribution in [0.15, 0.2) is 18.5 Å². The Bertz CT molecular complexity index is 318. The van der Waals surface area contributed by atoms with Gasteiger partial charge < -0.3 is 10.2 Å². The molecule has 3 heteroatoms. The van der Waals surface area contributed by atoms with Crippen molar-refractivity contribution in [1.82, 2.24) is 4.98 Å². The fourth-order valence-electron chi connectivity index (χ4n) is 2.26. The Labute approximate surface area is 91.5 Å². The Hall–Kier alpha value is -1.25. The third-order valence-corrected chi connectivity index (χ3v) is 3.29. The van der Waals surface area contributed by atoms with Crippen molar-refractivity contribution in [2.24, 2.45) is 0 Å². The average Bonchev–Trinajstić information content (AvgIpc) is 2.81. The van der Waals surface area contributed by atoms with E-state index in [9.17, 15) is 0 Å². The molecule has 0 saturated heterocycles. The van der Waals surface area contributed by atoms with E-state index in [1.165, 1.54) is 31.4 Å². The highest BCUT2D eigenvalue weighted by Gasteiger charge is 2.19. The lowest BCUT2D eigenvalue weighted by Crippen LogP contribution is -2.28. The van der Waals surface area contributed by atoms with E-state index in [2.05, 4.69) is 28.3 Å². The van der Waals surface area contributed by atoms with E-state index >= 15 is 0 Å². The summed E-state index contributed by atoms with van der Waals surface area (Å²) in [5.41, 5.74) is 2.30. The lowest BCUT2D eigenvalue weighted by atomic mass is 10.2. The molecule has 0 spiro atoms. The van der Waals surface area contributed by atoms with Gasteiger partial charge in [0.05, 0.1) is 23.8 Å². The van der Waals surface area contributed by atoms with Crippen LogP contribution in [-0.2, 0) is 0 Å². The number of anilines is 2. The first-order valence-corrected chi connectivity index (χ1v) is 5.67. The maximum absolute atomic E-state index is 4.24. The molecule has 15 heavy (non-hydrogen) atoms. The monoisotopic (exact) mass is 205 g/mol. The lowest BCUT2D eigenvalue weighted by Gasteiger charge is -2.26. The second-order valence-corrected chi connectivity index (χ2v) is 4.23. The number of rotatable bonds is 3. The van der Waals surface area contributed by atoms with Gasteiger partial charge in [0.25, 0.3) is 0 Å². The van der Waals surface area contributed by atoms with Crippen LogP contribution in [0.5, 0.6) is 0 Å². The minimum atomic E-state index is 0.707. The number of nitrogens with zero attached hydrogens (tertiary/aromatic N) is 2. The largest absolute Gasteiger partial charge is 0.387 e. The smallest absolute Gasteiger partial charge is 0.0573 e. The van der Waals surface area contributed by atoms with E-state index < -0.39 is 0 Å². The topological polar surface area (TPSA) is 28.2 Å². The number of hydrogen-bond donors (Lipinski definition) is 1. The molecular formula is C12H19N3. The SMILES string of the molecule is CNc1cncc(N(C)C2CCCC2)c1. The Morgan fingerprint density at radius 1 is 1.33 bits per heavy atom. The van der Waals surface area contributed by atoms with Gasteiger partial charge >= 0.3 is 0 Å². The minimum absolute atomic E-state index is 0.707. The molecular weight excluding hydrogens is 186 g/mol. The van der Waals surface area contributed by atoms with Gasteiger partial charge in [-0.2, -0.15) is 0 Å². The quantitative estimate of drug-likeness (QED) is 0.821. The van der Waals surface area contributed by atoms with E-state index in [1.807, 2.05) is 19.4 Å². The minimum Gasteiger partial charge on any atom is -0.387 e. The number of nitrogens with one attached hydrogen (secondary N) is 1. The Balaban J connectivity index is 2.13. The lowest BCUT2D eigenvalue weighted by molar-refractivity contribution is 0.652. The van der Waals surface area contributed by atoms with Gasteiger partial charge in [-0.25, -0.2) is 0 Å². The summed E-state index contributed by atoms with van der Waals surface area (Å²) < 4.78 is 0. The van der Waals surface area contributed by atoms with Crippen molar-refractivity contribution in [3.05, 3.63) is 18.5 Å². The van der Waals surface area contributed by atoms with Crippen LogP contribution >= 0.6 is 0 Å². The number of pyridine rings is 1. The second-order valence-electron chi connectivity index (χ2n) is 4.23. The van der Waals surface area contributed by atoms with E-state index in [1.54, 1.807) is 0 Å². The third kappa shape index (κ3) is 2.22. The zero-order valence-electron chi connectivity index (χ0n) is 9.53. The molecule has 0 amide bonds. The van der Waals surface area contributed by atoms with Crippen molar-refractivity contribution in [3.8, 4) is 0 Å². The summed E-state index contributed by atoms with van der Waals surface area (Å²) in [4.78, 5) is 6.61. The van der Waals surface area contributed by atoms with Crippen LogP contribution in [0, 0.1) is 0 Å². The van der Waals surface area contributed by atoms with Gasteiger partial charge in [-0.3, -0.25) is 4.98 Å². The predicted octanol–water partition coefficient (Wildman–Crippen LogP) is 2.50. The molecule has 0 radical (unpaired) electrons. The molecule has 1 fully saturated rings. The van der Waals surface area contributed by atoms with Gasteiger partial charge in [-0.15, -0.1) is 0 Å². The van der Waals surface area contributed by atoms with Crippen LogP contribution < -0.4 is 10.2 Å². The van der Waals surface area contributed by atoms with E-state index in [0.29, 0.717) is 6.04 Å². The highest BCUT2D eigenvalue weighted by molar-refractivity contribution is 5.55. The molecule has 0 aliphatic heterocycles. The molecule has 1 aromatic heterocycles. The second kappa shape index (κ2) is 4.51. The number of aromatic nitrogens is 1. The van der Waals surface area contributed by atoms with Gasteiger partial charge in [0.1, 0.15) is 0 Å². The zero-order valence-corrected chi connectivity index (χ0v) is 9.53. The summed E-state index contributed by atoms with van der Waals surface area (Å²) in [6.07, 6.45) is 9.17. The zero-order chi connectivity index (χ0) is 10.7. The maximum Gasteiger partial charge on any atom is 0.0573 e. The van der Waals surface area contributed by atoms with Crippen LogP contribution in [0.4, 0.5) is 11.4 Å². The van der Waals surface area contributed by atoms with Crippen molar-refractivity contribution < 1.29 is 0 Å². The fraction of sp³-hybridized carbons (Fsp3) is 0.583. The summed E-state index contributed by atoms with van der Waals surface area (Å²) in [6.45, 7) is 0. The van der Waals surface area contributed by atoms with Crippen LogP contribution in [0.2, 0.25) is 0 Å². The first-order chi connectivity index (χ1) is 7.31. The first kappa shape index (κ1) is 10.3. The molecule has 0 bridgehead atoms. The highest BCUT2D eigenvalue weighted by Crippen LogP contribution is 2.27. The van der Waals surface area contributed by atoms with E-state index in [4.69, 9.17) is 0 Å².